The van der Waals surface area contributed by atoms with Gasteiger partial charge in [0.05, 0.1) is 0 Å². The second-order valence-electron chi connectivity index (χ2n) is 9.27. The van der Waals surface area contributed by atoms with Gasteiger partial charge < -0.3 is 19.8 Å². The quantitative estimate of drug-likeness (QED) is 0.844. The number of benzene rings is 1. The number of rotatable bonds is 4. The molecule has 6 heteroatoms. The van der Waals surface area contributed by atoms with Crippen LogP contribution in [0.1, 0.15) is 44.1 Å². The number of likely N-dealkylation sites (N-methyl/N-ethyl adjacent to an activating group) is 1. The van der Waals surface area contributed by atoms with E-state index < -0.39 is 0 Å². The lowest BCUT2D eigenvalue weighted by atomic mass is 9.72. The fourth-order valence-corrected chi connectivity index (χ4v) is 5.25. The molecule has 1 atom stereocenters. The third kappa shape index (κ3) is 4.58. The maximum atomic E-state index is 12.7. The van der Waals surface area contributed by atoms with Gasteiger partial charge in [0, 0.05) is 45.1 Å². The highest BCUT2D eigenvalue weighted by Gasteiger charge is 2.44. The zero-order valence-corrected chi connectivity index (χ0v) is 17.5. The molecule has 1 spiro atoms. The summed E-state index contributed by atoms with van der Waals surface area (Å²) in [5.74, 6) is 0.795. The van der Waals surface area contributed by atoms with Crippen molar-refractivity contribution in [1.82, 2.24) is 14.7 Å². The molecule has 1 unspecified atom stereocenters. The van der Waals surface area contributed by atoms with E-state index in [1.165, 1.54) is 0 Å². The van der Waals surface area contributed by atoms with Crippen molar-refractivity contribution in [3.05, 3.63) is 29.8 Å². The van der Waals surface area contributed by atoms with Crippen molar-refractivity contribution in [3.8, 4) is 5.75 Å². The van der Waals surface area contributed by atoms with Gasteiger partial charge in [-0.1, -0.05) is 12.1 Å². The molecule has 0 radical (unpaired) electrons. The molecule has 3 fully saturated rings. The lowest BCUT2D eigenvalue weighted by Gasteiger charge is -2.49. The number of aryl methyl sites for hydroxylation is 1. The Morgan fingerprint density at radius 1 is 1.14 bits per heavy atom. The van der Waals surface area contributed by atoms with Crippen LogP contribution in [0.4, 0.5) is 0 Å². The Morgan fingerprint density at radius 2 is 1.86 bits per heavy atom. The van der Waals surface area contributed by atoms with Crippen LogP contribution in [0.3, 0.4) is 0 Å². The van der Waals surface area contributed by atoms with E-state index in [2.05, 4.69) is 16.8 Å². The third-order valence-electron chi connectivity index (χ3n) is 7.24. The maximum absolute atomic E-state index is 12.7. The Balaban J connectivity index is 1.29. The molecule has 3 heterocycles. The van der Waals surface area contributed by atoms with Crippen LogP contribution in [-0.4, -0.2) is 77.4 Å². The Bertz CT molecular complexity index is 740. The predicted molar refractivity (Wildman–Crippen MR) is 112 cm³/mol. The fourth-order valence-electron chi connectivity index (χ4n) is 5.25. The average molecular weight is 400 g/mol. The zero-order valence-electron chi connectivity index (χ0n) is 17.5. The van der Waals surface area contributed by atoms with Gasteiger partial charge in [-0.05, 0) is 68.8 Å². The molecular formula is C23H33N3O3. The first-order chi connectivity index (χ1) is 13.9. The minimum Gasteiger partial charge on any atom is -0.508 e. The average Bonchev–Trinajstić information content (AvgIpc) is 3.16. The summed E-state index contributed by atoms with van der Waals surface area (Å²) >= 11 is 0. The topological polar surface area (TPSA) is 64.1 Å². The molecule has 29 heavy (non-hydrogen) atoms. The molecule has 3 saturated heterocycles. The van der Waals surface area contributed by atoms with Crippen LogP contribution in [0.15, 0.2) is 24.3 Å². The third-order valence-corrected chi connectivity index (χ3v) is 7.24. The molecule has 0 bridgehead atoms. The van der Waals surface area contributed by atoms with Crippen molar-refractivity contribution in [2.75, 3.05) is 39.8 Å². The number of carbonyl (C=O) groups excluding carboxylic acids is 2. The second-order valence-corrected chi connectivity index (χ2v) is 9.27. The number of hydrogen-bond donors (Lipinski definition) is 1. The summed E-state index contributed by atoms with van der Waals surface area (Å²) in [5.41, 5.74) is 1.27. The van der Waals surface area contributed by atoms with E-state index >= 15 is 0 Å². The number of nitrogens with zero attached hydrogens (tertiary/aromatic N) is 3. The van der Waals surface area contributed by atoms with Gasteiger partial charge in [-0.15, -0.1) is 0 Å². The molecule has 0 aromatic heterocycles. The van der Waals surface area contributed by atoms with Crippen molar-refractivity contribution < 1.29 is 14.7 Å². The van der Waals surface area contributed by atoms with Gasteiger partial charge in [0.1, 0.15) is 5.75 Å². The van der Waals surface area contributed by atoms with Gasteiger partial charge in [-0.25, -0.2) is 0 Å². The number of phenols is 1. The first kappa shape index (κ1) is 20.2. The monoisotopic (exact) mass is 399 g/mol. The molecule has 3 aliphatic heterocycles. The van der Waals surface area contributed by atoms with Crippen molar-refractivity contribution >= 4 is 11.8 Å². The maximum Gasteiger partial charge on any atom is 0.222 e. The van der Waals surface area contributed by atoms with E-state index in [9.17, 15) is 14.7 Å². The summed E-state index contributed by atoms with van der Waals surface area (Å²) in [4.78, 5) is 31.7. The van der Waals surface area contributed by atoms with Gasteiger partial charge in [0.2, 0.25) is 11.8 Å². The second kappa shape index (κ2) is 8.34. The Labute approximate surface area is 173 Å². The van der Waals surface area contributed by atoms with Crippen LogP contribution >= 0.6 is 0 Å². The Kier molecular flexibility index (Phi) is 5.81. The highest BCUT2D eigenvalue weighted by atomic mass is 16.3. The Hall–Kier alpha value is -2.08. The lowest BCUT2D eigenvalue weighted by molar-refractivity contribution is -0.144. The summed E-state index contributed by atoms with van der Waals surface area (Å²) in [7, 11) is 2.13. The van der Waals surface area contributed by atoms with Crippen molar-refractivity contribution in [3.63, 3.8) is 0 Å². The standard InChI is InChI=1S/C23H33N3O3/c1-24-13-9-19(16-24)26-17-23(10-8-22(26)29)11-14-25(15-12-23)21(28)7-4-18-2-5-20(27)6-3-18/h2-3,5-6,19,27H,4,7-17H2,1H3. The molecule has 1 aromatic rings. The summed E-state index contributed by atoms with van der Waals surface area (Å²) in [6.07, 6.45) is 5.94. The van der Waals surface area contributed by atoms with Crippen LogP contribution in [0.5, 0.6) is 5.75 Å². The molecule has 158 valence electrons. The van der Waals surface area contributed by atoms with Gasteiger partial charge >= 0.3 is 0 Å². The lowest BCUT2D eigenvalue weighted by Crippen LogP contribution is -2.55. The van der Waals surface area contributed by atoms with Gasteiger partial charge in [0.25, 0.3) is 0 Å². The van der Waals surface area contributed by atoms with Gasteiger partial charge in [0.15, 0.2) is 0 Å². The van der Waals surface area contributed by atoms with Crippen LogP contribution in [0, 0.1) is 5.41 Å². The summed E-state index contributed by atoms with van der Waals surface area (Å²) in [6, 6.07) is 7.46. The van der Waals surface area contributed by atoms with Crippen molar-refractivity contribution in [2.24, 2.45) is 5.41 Å². The fraction of sp³-hybridized carbons (Fsp3) is 0.652. The van der Waals surface area contributed by atoms with E-state index in [0.29, 0.717) is 31.2 Å². The SMILES string of the molecule is CN1CCC(N2CC3(CCC2=O)CCN(C(=O)CCc2ccc(O)cc2)CC3)C1. The van der Waals surface area contributed by atoms with Gasteiger partial charge in [-0.2, -0.15) is 0 Å². The number of likely N-dealkylation sites (tertiary alicyclic amines) is 3. The minimum atomic E-state index is 0.197. The molecule has 4 rings (SSSR count). The van der Waals surface area contributed by atoms with E-state index in [1.807, 2.05) is 17.0 Å². The number of carbonyl (C=O) groups is 2. The molecule has 6 nitrogen and oxygen atoms in total. The van der Waals surface area contributed by atoms with E-state index in [-0.39, 0.29) is 17.1 Å². The zero-order chi connectivity index (χ0) is 20.4. The van der Waals surface area contributed by atoms with Crippen LogP contribution in [0.25, 0.3) is 0 Å². The summed E-state index contributed by atoms with van der Waals surface area (Å²) < 4.78 is 0. The highest BCUT2D eigenvalue weighted by molar-refractivity contribution is 5.78. The van der Waals surface area contributed by atoms with Crippen LogP contribution < -0.4 is 0 Å². The molecule has 2 amide bonds. The van der Waals surface area contributed by atoms with Crippen LogP contribution in [0.2, 0.25) is 0 Å². The number of piperidine rings is 2. The number of amides is 2. The number of aromatic hydroxyl groups is 1. The van der Waals surface area contributed by atoms with Crippen LogP contribution in [-0.2, 0) is 16.0 Å². The molecular weight excluding hydrogens is 366 g/mol. The van der Waals surface area contributed by atoms with Gasteiger partial charge in [-0.3, -0.25) is 9.59 Å². The van der Waals surface area contributed by atoms with Crippen molar-refractivity contribution in [2.45, 2.75) is 51.0 Å². The van der Waals surface area contributed by atoms with E-state index in [4.69, 9.17) is 0 Å². The normalized spacial score (nSPS) is 25.0. The molecule has 0 aliphatic carbocycles. The largest absolute Gasteiger partial charge is 0.508 e. The summed E-state index contributed by atoms with van der Waals surface area (Å²) in [6.45, 7) is 4.55. The smallest absolute Gasteiger partial charge is 0.222 e. The number of hydrogen-bond acceptors (Lipinski definition) is 4. The minimum absolute atomic E-state index is 0.197. The highest BCUT2D eigenvalue weighted by Crippen LogP contribution is 2.41. The van der Waals surface area contributed by atoms with Crippen molar-refractivity contribution in [1.29, 1.82) is 0 Å². The summed E-state index contributed by atoms with van der Waals surface area (Å²) in [5, 5.41) is 9.37. The Morgan fingerprint density at radius 3 is 2.52 bits per heavy atom. The molecule has 0 saturated carbocycles. The van der Waals surface area contributed by atoms with E-state index in [1.54, 1.807) is 12.1 Å². The number of phenolic OH excluding ortho intramolecular Hbond substituents is 1. The molecule has 1 N–H and O–H groups in total. The van der Waals surface area contributed by atoms with E-state index in [0.717, 1.165) is 64.0 Å². The molecule has 3 aliphatic rings. The predicted octanol–water partition coefficient (Wildman–Crippen LogP) is 2.26. The first-order valence-corrected chi connectivity index (χ1v) is 11.0. The molecule has 1 aromatic carbocycles. The first-order valence-electron chi connectivity index (χ1n) is 11.0.